The van der Waals surface area contributed by atoms with Crippen LogP contribution >= 0.6 is 0 Å². The van der Waals surface area contributed by atoms with Gasteiger partial charge in [0.15, 0.2) is 0 Å². The summed E-state index contributed by atoms with van der Waals surface area (Å²) >= 11 is 0. The normalized spacial score (nSPS) is 14.5. The second-order valence-electron chi connectivity index (χ2n) is 8.57. The number of nitrogens with one attached hydrogen (secondary N) is 2. The van der Waals surface area contributed by atoms with Crippen molar-refractivity contribution in [3.8, 4) is 0 Å². The van der Waals surface area contributed by atoms with Gasteiger partial charge >= 0.3 is 5.97 Å². The van der Waals surface area contributed by atoms with E-state index in [2.05, 4.69) is 49.6 Å². The molecule has 36 heavy (non-hydrogen) atoms. The highest BCUT2D eigenvalue weighted by Gasteiger charge is 2.20. The van der Waals surface area contributed by atoms with Gasteiger partial charge in [0.1, 0.15) is 6.04 Å². The van der Waals surface area contributed by atoms with E-state index < -0.39 is 5.97 Å². The van der Waals surface area contributed by atoms with Crippen molar-refractivity contribution in [2.24, 2.45) is 11.7 Å². The van der Waals surface area contributed by atoms with E-state index >= 15 is 0 Å². The summed E-state index contributed by atoms with van der Waals surface area (Å²) in [6.45, 7) is 14.9. The van der Waals surface area contributed by atoms with Crippen LogP contribution in [-0.2, 0) is 14.4 Å². The van der Waals surface area contributed by atoms with Gasteiger partial charge in [-0.05, 0) is 44.2 Å². The third-order valence-electron chi connectivity index (χ3n) is 5.30. The Labute approximate surface area is 221 Å². The first kappa shape index (κ1) is 38.3. The van der Waals surface area contributed by atoms with Gasteiger partial charge in [-0.2, -0.15) is 0 Å². The number of amides is 2. The van der Waals surface area contributed by atoms with E-state index in [9.17, 15) is 14.4 Å². The van der Waals surface area contributed by atoms with Crippen LogP contribution < -0.4 is 16.4 Å². The van der Waals surface area contributed by atoms with E-state index in [1.807, 2.05) is 20.8 Å². The van der Waals surface area contributed by atoms with Gasteiger partial charge in [0.05, 0.1) is 0 Å². The SMILES string of the molecule is CC.CC1C=CC(CNC(=O)CCCCNC=O)=CC1.CCCC.CCCC(C(=O)O)N(C)CCN. The third kappa shape index (κ3) is 24.9. The van der Waals surface area contributed by atoms with Gasteiger partial charge in [0.25, 0.3) is 0 Å². The second-order valence-corrected chi connectivity index (χ2v) is 8.57. The number of likely N-dealkylation sites (N-methyl/N-ethyl adjacent to an activating group) is 1. The Morgan fingerprint density at radius 1 is 1.19 bits per heavy atom. The molecule has 2 unspecified atom stereocenters. The van der Waals surface area contributed by atoms with E-state index in [1.165, 1.54) is 18.4 Å². The molecule has 0 saturated heterocycles. The summed E-state index contributed by atoms with van der Waals surface area (Å²) < 4.78 is 0. The lowest BCUT2D eigenvalue weighted by atomic mass is 9.98. The Kier molecular flexibility index (Phi) is 30.9. The number of unbranched alkanes of at least 4 members (excludes halogenated alkanes) is 2. The number of rotatable bonds is 15. The quantitative estimate of drug-likeness (QED) is 0.189. The Balaban J connectivity index is -0.000000522. The third-order valence-corrected chi connectivity index (χ3v) is 5.30. The monoisotopic (exact) mass is 512 g/mol. The molecule has 2 atom stereocenters. The van der Waals surface area contributed by atoms with Gasteiger partial charge < -0.3 is 21.5 Å². The molecular formula is C28H56N4O4. The van der Waals surface area contributed by atoms with Crippen LogP contribution in [0.1, 0.15) is 92.9 Å². The highest BCUT2D eigenvalue weighted by Crippen LogP contribution is 2.14. The average Bonchev–Trinajstić information content (AvgIpc) is 2.88. The molecule has 1 aliphatic carbocycles. The molecule has 0 aliphatic heterocycles. The molecule has 5 N–H and O–H groups in total. The Morgan fingerprint density at radius 3 is 2.28 bits per heavy atom. The Bertz CT molecular complexity index is 592. The number of hydrogen-bond acceptors (Lipinski definition) is 5. The fraction of sp³-hybridized carbons (Fsp3) is 0.750. The van der Waals surface area contributed by atoms with Gasteiger partial charge in [-0.25, -0.2) is 0 Å². The van der Waals surface area contributed by atoms with Crippen LogP contribution in [0.25, 0.3) is 0 Å². The summed E-state index contributed by atoms with van der Waals surface area (Å²) in [5, 5.41) is 14.3. The van der Waals surface area contributed by atoms with Crippen molar-refractivity contribution in [2.75, 3.05) is 33.2 Å². The molecule has 2 amide bonds. The zero-order chi connectivity index (χ0) is 28.2. The molecule has 0 spiro atoms. The molecule has 0 aromatic heterocycles. The van der Waals surface area contributed by atoms with Crippen LogP contribution in [0.2, 0.25) is 0 Å². The lowest BCUT2D eigenvalue weighted by molar-refractivity contribution is -0.143. The molecule has 8 heteroatoms. The number of carbonyl (C=O) groups excluding carboxylic acids is 2. The molecule has 1 aliphatic rings. The maximum Gasteiger partial charge on any atom is 0.320 e. The van der Waals surface area contributed by atoms with E-state index in [-0.39, 0.29) is 11.9 Å². The van der Waals surface area contributed by atoms with Gasteiger partial charge in [0.2, 0.25) is 12.3 Å². The van der Waals surface area contributed by atoms with Crippen LogP contribution in [0.4, 0.5) is 0 Å². The predicted octanol–water partition coefficient (Wildman–Crippen LogP) is 4.50. The van der Waals surface area contributed by atoms with E-state index in [1.54, 1.807) is 11.9 Å². The van der Waals surface area contributed by atoms with Crippen LogP contribution in [-0.4, -0.2) is 67.6 Å². The number of carboxylic acids is 1. The predicted molar refractivity (Wildman–Crippen MR) is 152 cm³/mol. The summed E-state index contributed by atoms with van der Waals surface area (Å²) in [7, 11) is 1.79. The van der Waals surface area contributed by atoms with Crippen LogP contribution in [0, 0.1) is 5.92 Å². The zero-order valence-electron chi connectivity index (χ0n) is 24.1. The lowest BCUT2D eigenvalue weighted by Gasteiger charge is -2.23. The van der Waals surface area contributed by atoms with Gasteiger partial charge in [-0.1, -0.05) is 79.0 Å². The zero-order valence-corrected chi connectivity index (χ0v) is 24.1. The van der Waals surface area contributed by atoms with Gasteiger partial charge in [-0.15, -0.1) is 0 Å². The highest BCUT2D eigenvalue weighted by atomic mass is 16.4. The lowest BCUT2D eigenvalue weighted by Crippen LogP contribution is -2.40. The maximum absolute atomic E-state index is 11.5. The number of aliphatic carboxylic acids is 1. The van der Waals surface area contributed by atoms with Crippen molar-refractivity contribution >= 4 is 18.3 Å². The average molecular weight is 513 g/mol. The number of carbonyl (C=O) groups is 3. The van der Waals surface area contributed by atoms with Gasteiger partial charge in [0, 0.05) is 32.6 Å². The van der Waals surface area contributed by atoms with Crippen molar-refractivity contribution in [3.63, 3.8) is 0 Å². The number of nitrogens with zero attached hydrogens (tertiary/aromatic N) is 1. The summed E-state index contributed by atoms with van der Waals surface area (Å²) in [5.41, 5.74) is 6.51. The molecule has 0 saturated carbocycles. The van der Waals surface area contributed by atoms with E-state index in [0.717, 1.165) is 25.7 Å². The molecular weight excluding hydrogens is 456 g/mol. The topological polar surface area (TPSA) is 125 Å². The molecule has 0 aromatic rings. The van der Waals surface area contributed by atoms with E-state index in [0.29, 0.717) is 51.3 Å². The number of nitrogens with two attached hydrogens (primary N) is 1. The minimum Gasteiger partial charge on any atom is -0.480 e. The number of carboxylic acid groups (broad SMARTS) is 1. The fourth-order valence-corrected chi connectivity index (χ4v) is 2.93. The molecule has 0 radical (unpaired) electrons. The van der Waals surface area contributed by atoms with Crippen LogP contribution in [0.3, 0.4) is 0 Å². The molecule has 0 bridgehead atoms. The smallest absolute Gasteiger partial charge is 0.320 e. The molecule has 0 aromatic carbocycles. The summed E-state index contributed by atoms with van der Waals surface area (Å²) in [6.07, 6.45) is 14.5. The van der Waals surface area contributed by atoms with Crippen LogP contribution in [0.5, 0.6) is 0 Å². The molecule has 0 heterocycles. The van der Waals surface area contributed by atoms with Gasteiger partial charge in [-0.3, -0.25) is 19.3 Å². The first-order valence-corrected chi connectivity index (χ1v) is 13.7. The molecule has 1 rings (SSSR count). The molecule has 8 nitrogen and oxygen atoms in total. The fourth-order valence-electron chi connectivity index (χ4n) is 2.93. The number of hydrogen-bond donors (Lipinski definition) is 4. The second kappa shape index (κ2) is 29.0. The van der Waals surface area contributed by atoms with Crippen molar-refractivity contribution in [3.05, 3.63) is 23.8 Å². The van der Waals surface area contributed by atoms with Crippen molar-refractivity contribution in [1.82, 2.24) is 15.5 Å². The van der Waals surface area contributed by atoms with Crippen molar-refractivity contribution < 1.29 is 19.5 Å². The highest BCUT2D eigenvalue weighted by molar-refractivity contribution is 5.76. The standard InChI is InChI=1S/C14H22N2O2.C8H18N2O2.C4H10.C2H6/c1-12-5-7-13(8-6-12)10-16-14(18)4-2-3-9-15-11-17;1-3-4-7(8(11)12)10(2)6-5-9;1-3-4-2;1-2/h5,7-8,11-12H,2-4,6,9-10H2,1H3,(H,15,17)(H,16,18);7H,3-6,9H2,1-2H3,(H,11,12);3-4H2,1-2H3;1-2H3. The maximum atomic E-state index is 11.5. The Hall–Kier alpha value is -2.19. The summed E-state index contributed by atoms with van der Waals surface area (Å²) in [4.78, 5) is 34.0. The van der Waals surface area contributed by atoms with Crippen molar-refractivity contribution in [1.29, 1.82) is 0 Å². The number of allylic oxidation sites excluding steroid dienone is 2. The van der Waals surface area contributed by atoms with E-state index in [4.69, 9.17) is 10.8 Å². The summed E-state index contributed by atoms with van der Waals surface area (Å²) in [5.74, 6) is -0.0726. The minimum absolute atomic E-state index is 0.0778. The summed E-state index contributed by atoms with van der Waals surface area (Å²) in [6, 6.07) is -0.376. The van der Waals surface area contributed by atoms with Crippen molar-refractivity contribution in [2.45, 2.75) is 99.0 Å². The molecule has 0 fully saturated rings. The van der Waals surface area contributed by atoms with Crippen LogP contribution in [0.15, 0.2) is 23.8 Å². The largest absolute Gasteiger partial charge is 0.480 e. The minimum atomic E-state index is -0.757. The first-order valence-electron chi connectivity index (χ1n) is 13.7. The molecule has 212 valence electrons. The first-order chi connectivity index (χ1) is 17.3. The Morgan fingerprint density at radius 2 is 1.83 bits per heavy atom.